The van der Waals surface area contributed by atoms with E-state index in [0.29, 0.717) is 0 Å². The Labute approximate surface area is 268 Å². The Bertz CT molecular complexity index is 2350. The predicted molar refractivity (Wildman–Crippen MR) is 194 cm³/mol. The zero-order valence-electron chi connectivity index (χ0n) is 25.4. The van der Waals surface area contributed by atoms with Gasteiger partial charge in [-0.05, 0) is 61.3 Å². The van der Waals surface area contributed by atoms with Crippen molar-refractivity contribution in [1.82, 2.24) is 0 Å². The lowest BCUT2D eigenvalue weighted by Crippen LogP contribution is -2.14. The average Bonchev–Trinajstić information content (AvgIpc) is 3.59. The van der Waals surface area contributed by atoms with Gasteiger partial charge >= 0.3 is 0 Å². The van der Waals surface area contributed by atoms with Gasteiger partial charge in [-0.1, -0.05) is 159 Å². The molecular weight excluding hydrogens is 561 g/mol. The fraction of sp³-hybridized carbons (Fsp3) is 0.0909. The maximum atomic E-state index is 2.38. The molecule has 0 fully saturated rings. The molecule has 0 radical (unpaired) electrons. The van der Waals surface area contributed by atoms with E-state index in [1.807, 2.05) is 11.3 Å². The molecule has 1 aliphatic rings. The number of thiophene rings is 1. The first-order chi connectivity index (χ1) is 22.1. The van der Waals surface area contributed by atoms with Crippen molar-refractivity contribution in [1.29, 1.82) is 0 Å². The van der Waals surface area contributed by atoms with Crippen molar-refractivity contribution >= 4 is 42.3 Å². The summed E-state index contributed by atoms with van der Waals surface area (Å²) in [6.45, 7) is 4.72. The Hall–Kier alpha value is -4.98. The minimum Gasteiger partial charge on any atom is -0.135 e. The van der Waals surface area contributed by atoms with E-state index in [0.717, 1.165) is 0 Å². The summed E-state index contributed by atoms with van der Waals surface area (Å²) in [5, 5.41) is 5.37. The van der Waals surface area contributed by atoms with Crippen LogP contribution in [-0.2, 0) is 5.41 Å². The Morgan fingerprint density at radius 1 is 0.467 bits per heavy atom. The van der Waals surface area contributed by atoms with Crippen molar-refractivity contribution in [3.05, 3.63) is 179 Å². The second-order valence-electron chi connectivity index (χ2n) is 12.8. The highest BCUT2D eigenvalue weighted by molar-refractivity contribution is 7.26. The molecule has 0 saturated heterocycles. The molecule has 0 spiro atoms. The molecule has 8 aromatic rings. The number of benzene rings is 7. The van der Waals surface area contributed by atoms with Gasteiger partial charge in [0.15, 0.2) is 0 Å². The predicted octanol–water partition coefficient (Wildman–Crippen LogP) is 12.4. The number of hydrogen-bond acceptors (Lipinski definition) is 1. The van der Waals surface area contributed by atoms with Crippen molar-refractivity contribution in [2.24, 2.45) is 0 Å². The molecule has 0 N–H and O–H groups in total. The van der Waals surface area contributed by atoms with Gasteiger partial charge in [-0.15, -0.1) is 11.3 Å². The Balaban J connectivity index is 1.30. The lowest BCUT2D eigenvalue weighted by atomic mass is 9.81. The van der Waals surface area contributed by atoms with Crippen LogP contribution in [0.2, 0.25) is 0 Å². The van der Waals surface area contributed by atoms with E-state index in [1.165, 1.54) is 81.0 Å². The summed E-state index contributed by atoms with van der Waals surface area (Å²) >= 11 is 1.93. The van der Waals surface area contributed by atoms with Gasteiger partial charge in [0.25, 0.3) is 0 Å². The minimum atomic E-state index is -0.00788. The molecule has 0 nitrogen and oxygen atoms in total. The summed E-state index contributed by atoms with van der Waals surface area (Å²) < 4.78 is 2.69. The van der Waals surface area contributed by atoms with Gasteiger partial charge in [-0.25, -0.2) is 0 Å². The molecule has 1 heteroatoms. The van der Waals surface area contributed by atoms with Gasteiger partial charge in [0.05, 0.1) is 0 Å². The van der Waals surface area contributed by atoms with Gasteiger partial charge in [0, 0.05) is 37.1 Å². The van der Waals surface area contributed by atoms with Crippen molar-refractivity contribution in [3.63, 3.8) is 0 Å². The third-order valence-electron chi connectivity index (χ3n) is 10.0. The lowest BCUT2D eigenvalue weighted by molar-refractivity contribution is 0.661. The average molecular weight is 593 g/mol. The van der Waals surface area contributed by atoms with E-state index < -0.39 is 0 Å². The van der Waals surface area contributed by atoms with Crippen LogP contribution in [0.15, 0.2) is 152 Å². The smallest absolute Gasteiger partial charge is 0.0434 e. The highest BCUT2D eigenvalue weighted by atomic mass is 32.1. The minimum absolute atomic E-state index is 0.00788. The van der Waals surface area contributed by atoms with Crippen LogP contribution in [0.25, 0.3) is 53.2 Å². The van der Waals surface area contributed by atoms with Crippen LogP contribution < -0.4 is 0 Å². The Kier molecular flexibility index (Phi) is 5.89. The van der Waals surface area contributed by atoms with Gasteiger partial charge < -0.3 is 0 Å². The number of fused-ring (bicyclic) bond motifs is 8. The quantitative estimate of drug-likeness (QED) is 0.178. The summed E-state index contributed by atoms with van der Waals surface area (Å²) in [4.78, 5) is 0. The van der Waals surface area contributed by atoms with Crippen molar-refractivity contribution in [2.75, 3.05) is 0 Å². The summed E-state index contributed by atoms with van der Waals surface area (Å²) in [5.74, 6) is 0.154. The maximum absolute atomic E-state index is 2.38. The summed E-state index contributed by atoms with van der Waals surface area (Å²) in [7, 11) is 0. The van der Waals surface area contributed by atoms with Gasteiger partial charge in [0.2, 0.25) is 0 Å². The van der Waals surface area contributed by atoms with Crippen LogP contribution >= 0.6 is 11.3 Å². The highest BCUT2D eigenvalue weighted by Crippen LogP contribution is 2.53. The van der Waals surface area contributed by atoms with Crippen LogP contribution in [0.3, 0.4) is 0 Å². The second kappa shape index (κ2) is 10.0. The summed E-state index contributed by atoms with van der Waals surface area (Å²) in [6.07, 6.45) is 0. The van der Waals surface area contributed by atoms with E-state index >= 15 is 0 Å². The van der Waals surface area contributed by atoms with Gasteiger partial charge in [0.1, 0.15) is 0 Å². The van der Waals surface area contributed by atoms with Crippen molar-refractivity contribution in [2.45, 2.75) is 25.2 Å². The van der Waals surface area contributed by atoms with E-state index in [2.05, 4.69) is 166 Å². The maximum Gasteiger partial charge on any atom is 0.0434 e. The SMILES string of the molecule is CC1(C)c2ccccc2-c2c1ccc1c(-c3cccc4c3sc3cccc(C(c5ccccc5)c5ccccc5)c34)cccc21. The summed E-state index contributed by atoms with van der Waals surface area (Å²) in [6, 6.07) is 56.3. The fourth-order valence-electron chi connectivity index (χ4n) is 7.97. The topological polar surface area (TPSA) is 0 Å². The number of hydrogen-bond donors (Lipinski definition) is 0. The van der Waals surface area contributed by atoms with Crippen LogP contribution in [0.5, 0.6) is 0 Å². The van der Waals surface area contributed by atoms with Crippen LogP contribution in [0.1, 0.15) is 47.6 Å². The monoisotopic (exact) mass is 592 g/mol. The van der Waals surface area contributed by atoms with E-state index in [-0.39, 0.29) is 11.3 Å². The van der Waals surface area contributed by atoms with Gasteiger partial charge in [-0.3, -0.25) is 0 Å². The van der Waals surface area contributed by atoms with Crippen LogP contribution in [0, 0.1) is 0 Å². The molecule has 7 aromatic carbocycles. The van der Waals surface area contributed by atoms with Crippen molar-refractivity contribution in [3.8, 4) is 22.3 Å². The first-order valence-corrected chi connectivity index (χ1v) is 16.6. The molecule has 0 atom stereocenters. The highest BCUT2D eigenvalue weighted by Gasteiger charge is 2.36. The third kappa shape index (κ3) is 3.91. The molecule has 45 heavy (non-hydrogen) atoms. The molecule has 0 bridgehead atoms. The molecule has 9 rings (SSSR count). The Morgan fingerprint density at radius 3 is 1.84 bits per heavy atom. The van der Waals surface area contributed by atoms with E-state index in [4.69, 9.17) is 0 Å². The molecular formula is C44H32S. The van der Waals surface area contributed by atoms with Crippen LogP contribution in [-0.4, -0.2) is 0 Å². The van der Waals surface area contributed by atoms with E-state index in [1.54, 1.807) is 0 Å². The molecule has 0 amide bonds. The lowest BCUT2D eigenvalue weighted by Gasteiger charge is -2.21. The zero-order chi connectivity index (χ0) is 30.1. The van der Waals surface area contributed by atoms with Crippen LogP contribution in [0.4, 0.5) is 0 Å². The van der Waals surface area contributed by atoms with Gasteiger partial charge in [-0.2, -0.15) is 0 Å². The third-order valence-corrected chi connectivity index (χ3v) is 11.2. The van der Waals surface area contributed by atoms with Crippen molar-refractivity contribution < 1.29 is 0 Å². The molecule has 214 valence electrons. The Morgan fingerprint density at radius 2 is 1.09 bits per heavy atom. The summed E-state index contributed by atoms with van der Waals surface area (Å²) in [5.41, 5.74) is 12.2. The molecule has 0 aliphatic heterocycles. The second-order valence-corrected chi connectivity index (χ2v) is 13.9. The molecule has 1 heterocycles. The normalized spacial score (nSPS) is 13.5. The molecule has 0 unspecified atom stereocenters. The zero-order valence-corrected chi connectivity index (χ0v) is 26.2. The van der Waals surface area contributed by atoms with E-state index in [9.17, 15) is 0 Å². The first-order valence-electron chi connectivity index (χ1n) is 15.8. The molecule has 1 aliphatic carbocycles. The largest absolute Gasteiger partial charge is 0.135 e. The standard InChI is InChI=1S/C44H32S/c1-44(2)37-24-10-9-18-34(37)41-32-20-11-19-30(31(32)26-27-38(41)44)33-21-12-23-36-42-35(22-13-25-39(42)45-43(33)36)40(28-14-5-3-6-15-28)29-16-7-4-8-17-29/h3-27,40H,1-2H3. The number of rotatable bonds is 4. The fourth-order valence-corrected chi connectivity index (χ4v) is 9.23. The first kappa shape index (κ1) is 26.4. The molecule has 1 aromatic heterocycles. The molecule has 0 saturated carbocycles.